The summed E-state index contributed by atoms with van der Waals surface area (Å²) in [5.41, 5.74) is 1.23. The molecule has 7 atom stereocenters. The van der Waals surface area contributed by atoms with Gasteiger partial charge in [0.05, 0.1) is 13.2 Å². The van der Waals surface area contributed by atoms with E-state index >= 15 is 0 Å². The number of allylic oxidation sites excluding steroid dienone is 2. The van der Waals surface area contributed by atoms with Crippen LogP contribution >= 0.6 is 0 Å². The third-order valence-electron chi connectivity index (χ3n) is 8.08. The molecule has 43 heavy (non-hydrogen) atoms. The first-order valence-corrected chi connectivity index (χ1v) is 16.8. The summed E-state index contributed by atoms with van der Waals surface area (Å²) >= 11 is 0. The molecule has 1 fully saturated rings. The van der Waals surface area contributed by atoms with E-state index < -0.39 is 49.3 Å². The number of nitrogens with one attached hydrogen (secondary N) is 2. The van der Waals surface area contributed by atoms with Gasteiger partial charge in [-0.25, -0.2) is 0 Å². The van der Waals surface area contributed by atoms with Crippen molar-refractivity contribution >= 4 is 11.8 Å². The Morgan fingerprint density at radius 2 is 1.42 bits per heavy atom. The normalized spacial score (nSPS) is 23.4. The zero-order valence-corrected chi connectivity index (χ0v) is 27.3. The molecule has 1 aliphatic rings. The highest BCUT2D eigenvalue weighted by Gasteiger charge is 2.44. The fraction of sp³-hybridized carbons (Fsp3) is 0.879. The number of ether oxygens (including phenoxy) is 2. The number of aliphatic hydroxyl groups excluding tert-OH is 4. The van der Waals surface area contributed by atoms with Crippen molar-refractivity contribution in [3.05, 3.63) is 11.6 Å². The number of hydrogen-bond acceptors (Lipinski definition) is 8. The molecule has 1 unspecified atom stereocenters. The van der Waals surface area contributed by atoms with Gasteiger partial charge in [-0.05, 0) is 39.5 Å². The first kappa shape index (κ1) is 39.5. The lowest BCUT2D eigenvalue weighted by atomic mass is 9.99. The number of aliphatic hydroxyl groups is 4. The largest absolute Gasteiger partial charge is 0.394 e. The Morgan fingerprint density at radius 1 is 0.837 bits per heavy atom. The van der Waals surface area contributed by atoms with E-state index in [2.05, 4.69) is 23.6 Å². The van der Waals surface area contributed by atoms with Crippen LogP contribution in [-0.2, 0) is 19.1 Å². The van der Waals surface area contributed by atoms with Crippen LogP contribution in [0.5, 0.6) is 0 Å². The monoisotopic (exact) mass is 614 g/mol. The summed E-state index contributed by atoms with van der Waals surface area (Å²) in [5.74, 6) is -0.998. The summed E-state index contributed by atoms with van der Waals surface area (Å²) in [6.45, 7) is 7.69. The third-order valence-corrected chi connectivity index (χ3v) is 8.08. The second kappa shape index (κ2) is 23.8. The molecule has 1 aliphatic heterocycles. The van der Waals surface area contributed by atoms with Crippen LogP contribution in [0.15, 0.2) is 11.6 Å². The number of carbonyl (C=O) groups excluding carboxylic acids is 2. The summed E-state index contributed by atoms with van der Waals surface area (Å²) in [6, 6.07) is -1.04. The summed E-state index contributed by atoms with van der Waals surface area (Å²) in [6.07, 6.45) is 11.9. The van der Waals surface area contributed by atoms with Crippen molar-refractivity contribution in [2.75, 3.05) is 19.8 Å². The van der Waals surface area contributed by atoms with E-state index in [0.29, 0.717) is 13.0 Å². The average molecular weight is 615 g/mol. The van der Waals surface area contributed by atoms with Crippen molar-refractivity contribution in [3.63, 3.8) is 0 Å². The number of rotatable bonds is 24. The maximum atomic E-state index is 13.1. The van der Waals surface area contributed by atoms with Gasteiger partial charge in [-0.1, -0.05) is 96.1 Å². The van der Waals surface area contributed by atoms with Crippen LogP contribution in [0.3, 0.4) is 0 Å². The second-order valence-corrected chi connectivity index (χ2v) is 12.4. The van der Waals surface area contributed by atoms with Crippen LogP contribution < -0.4 is 10.6 Å². The zero-order chi connectivity index (χ0) is 32.0. The predicted octanol–water partition coefficient (Wildman–Crippen LogP) is 3.88. The molecule has 0 saturated carbocycles. The Kier molecular flexibility index (Phi) is 21.8. The van der Waals surface area contributed by atoms with Gasteiger partial charge in [0.2, 0.25) is 11.8 Å². The standard InChI is InChI=1S/C33H62N2O8/c1-5-6-7-8-9-10-11-12-13-14-15-18-21-34-32(41)26(35-31(40)25(4)20-17-16-19-24(2)3)23-42-33-30(39)29(38)28(37)27(22-36)43-33/h19,25-30,33,36-39H,5-18,20-23H2,1-4H3,(H,34,41)(H,35,40)/t25?,26-,27+,28-,29-,30+,33-/m0/s1. The molecule has 1 saturated heterocycles. The van der Waals surface area contributed by atoms with Gasteiger partial charge in [0.15, 0.2) is 6.29 Å². The molecule has 10 nitrogen and oxygen atoms in total. The molecule has 0 aromatic rings. The molecule has 10 heteroatoms. The number of hydrogen-bond donors (Lipinski definition) is 6. The van der Waals surface area contributed by atoms with Crippen molar-refractivity contribution in [2.24, 2.45) is 5.92 Å². The molecule has 0 radical (unpaired) electrons. The zero-order valence-electron chi connectivity index (χ0n) is 27.3. The molecular weight excluding hydrogens is 552 g/mol. The highest BCUT2D eigenvalue weighted by atomic mass is 16.7. The van der Waals surface area contributed by atoms with Gasteiger partial charge < -0.3 is 40.5 Å². The van der Waals surface area contributed by atoms with E-state index in [4.69, 9.17) is 9.47 Å². The van der Waals surface area contributed by atoms with Gasteiger partial charge in [-0.3, -0.25) is 9.59 Å². The Labute approximate surface area is 260 Å². The summed E-state index contributed by atoms with van der Waals surface area (Å²) < 4.78 is 11.0. The van der Waals surface area contributed by atoms with Crippen LogP contribution in [-0.4, -0.2) is 88.7 Å². The second-order valence-electron chi connectivity index (χ2n) is 12.4. The molecule has 2 amide bonds. The Bertz CT molecular complexity index is 774. The van der Waals surface area contributed by atoms with E-state index in [1.807, 2.05) is 20.8 Å². The molecule has 1 rings (SSSR count). The fourth-order valence-corrected chi connectivity index (χ4v) is 5.14. The molecular formula is C33H62N2O8. The maximum absolute atomic E-state index is 13.1. The van der Waals surface area contributed by atoms with Crippen LogP contribution in [0.1, 0.15) is 124 Å². The van der Waals surface area contributed by atoms with Gasteiger partial charge in [0.1, 0.15) is 30.5 Å². The van der Waals surface area contributed by atoms with E-state index in [-0.39, 0.29) is 18.4 Å². The van der Waals surface area contributed by atoms with Gasteiger partial charge >= 0.3 is 0 Å². The maximum Gasteiger partial charge on any atom is 0.244 e. The minimum atomic E-state index is -1.59. The van der Waals surface area contributed by atoms with E-state index in [0.717, 1.165) is 32.1 Å². The number of unbranched alkanes of at least 4 members (excludes halogenated alkanes) is 12. The fourth-order valence-electron chi connectivity index (χ4n) is 5.14. The van der Waals surface area contributed by atoms with Gasteiger partial charge in [-0.15, -0.1) is 0 Å². The Morgan fingerprint density at radius 3 is 1.98 bits per heavy atom. The SMILES string of the molecule is CCCCCCCCCCCCCCNC(=O)[C@H](CO[C@H]1O[C@H](CO)[C@H](O)[C@H](O)[C@H]1O)NC(=O)C(C)CCCC=C(C)C. The van der Waals surface area contributed by atoms with Gasteiger partial charge in [-0.2, -0.15) is 0 Å². The summed E-state index contributed by atoms with van der Waals surface area (Å²) in [4.78, 5) is 26.0. The van der Waals surface area contributed by atoms with E-state index in [1.54, 1.807) is 0 Å². The van der Waals surface area contributed by atoms with Crippen molar-refractivity contribution in [3.8, 4) is 0 Å². The molecule has 6 N–H and O–H groups in total. The minimum absolute atomic E-state index is 0.278. The van der Waals surface area contributed by atoms with Crippen molar-refractivity contribution in [1.29, 1.82) is 0 Å². The molecule has 0 bridgehead atoms. The lowest BCUT2D eigenvalue weighted by Crippen LogP contribution is -2.60. The van der Waals surface area contributed by atoms with E-state index in [9.17, 15) is 30.0 Å². The molecule has 0 aromatic heterocycles. The van der Waals surface area contributed by atoms with Crippen LogP contribution in [0.2, 0.25) is 0 Å². The molecule has 0 aromatic carbocycles. The van der Waals surface area contributed by atoms with Gasteiger partial charge in [0, 0.05) is 12.5 Å². The highest BCUT2D eigenvalue weighted by molar-refractivity contribution is 5.88. The topological polar surface area (TPSA) is 158 Å². The number of carbonyl (C=O) groups is 2. The molecule has 252 valence electrons. The number of amides is 2. The van der Waals surface area contributed by atoms with Gasteiger partial charge in [0.25, 0.3) is 0 Å². The highest BCUT2D eigenvalue weighted by Crippen LogP contribution is 2.22. The smallest absolute Gasteiger partial charge is 0.244 e. The average Bonchev–Trinajstić information content (AvgIpc) is 2.98. The Hall–Kier alpha value is -1.56. The first-order chi connectivity index (χ1) is 20.6. The Balaban J connectivity index is 2.54. The van der Waals surface area contributed by atoms with Crippen molar-refractivity contribution < 1.29 is 39.5 Å². The molecule has 1 heterocycles. The van der Waals surface area contributed by atoms with Crippen LogP contribution in [0.25, 0.3) is 0 Å². The summed E-state index contributed by atoms with van der Waals surface area (Å²) in [7, 11) is 0. The predicted molar refractivity (Wildman–Crippen MR) is 168 cm³/mol. The molecule has 0 aliphatic carbocycles. The third kappa shape index (κ3) is 16.9. The molecule has 0 spiro atoms. The summed E-state index contributed by atoms with van der Waals surface area (Å²) in [5, 5.41) is 45.5. The lowest BCUT2D eigenvalue weighted by molar-refractivity contribution is -0.301. The van der Waals surface area contributed by atoms with Crippen molar-refractivity contribution in [2.45, 2.75) is 161 Å². The van der Waals surface area contributed by atoms with E-state index in [1.165, 1.54) is 63.4 Å². The lowest BCUT2D eigenvalue weighted by Gasteiger charge is -2.39. The minimum Gasteiger partial charge on any atom is -0.394 e. The van der Waals surface area contributed by atoms with Crippen LogP contribution in [0.4, 0.5) is 0 Å². The van der Waals surface area contributed by atoms with Crippen molar-refractivity contribution in [1.82, 2.24) is 10.6 Å². The quantitative estimate of drug-likeness (QED) is 0.0706. The van der Waals surface area contributed by atoms with Crippen LogP contribution in [0, 0.1) is 5.92 Å². The first-order valence-electron chi connectivity index (χ1n) is 16.8.